The van der Waals surface area contributed by atoms with Crippen molar-refractivity contribution in [2.75, 3.05) is 0 Å². The minimum absolute atomic E-state index is 0. The number of carboxylic acids is 2. The molecule has 0 aromatic heterocycles. The van der Waals surface area contributed by atoms with E-state index in [9.17, 15) is 9.90 Å². The topological polar surface area (TPSA) is 77.4 Å². The van der Waals surface area contributed by atoms with Gasteiger partial charge in [0.2, 0.25) is 0 Å². The summed E-state index contributed by atoms with van der Waals surface area (Å²) in [6.45, 7) is 2.88. The van der Waals surface area contributed by atoms with Gasteiger partial charge in [0.25, 0.3) is 5.97 Å². The van der Waals surface area contributed by atoms with Gasteiger partial charge in [0, 0.05) is 12.9 Å². The molecule has 0 rings (SSSR count). The molecule has 5 heteroatoms. The summed E-state index contributed by atoms with van der Waals surface area (Å²) in [5, 5.41) is 16.9. The summed E-state index contributed by atoms with van der Waals surface area (Å²) >= 11 is 0. The maximum atomic E-state index is 9.49. The molecule has 0 spiro atoms. The van der Waals surface area contributed by atoms with E-state index in [0.29, 0.717) is 6.42 Å². The minimum Gasteiger partial charge on any atom is -0.550 e. The van der Waals surface area contributed by atoms with Crippen LogP contribution in [0.25, 0.3) is 0 Å². The van der Waals surface area contributed by atoms with Crippen LogP contribution >= 0.6 is 0 Å². The van der Waals surface area contributed by atoms with Crippen LogP contribution in [0.15, 0.2) is 0 Å². The molecular weight excluding hydrogens is 143 g/mol. The van der Waals surface area contributed by atoms with Gasteiger partial charge in [0.15, 0.2) is 0 Å². The predicted octanol–water partition coefficient (Wildman–Crippen LogP) is -3.37. The van der Waals surface area contributed by atoms with E-state index < -0.39 is 11.9 Å². The molecule has 0 unspecified atom stereocenters. The van der Waals surface area contributed by atoms with E-state index >= 15 is 0 Å². The monoisotopic (exact) mass is 154 g/mol. The number of hydrogen-bond acceptors (Lipinski definition) is 3. The molecule has 0 aromatic rings. The Balaban J connectivity index is -0.000000114. The molecule has 1 N–H and O–H groups in total. The molecule has 0 atom stereocenters. The van der Waals surface area contributed by atoms with Crippen LogP contribution in [0.1, 0.15) is 26.7 Å². The van der Waals surface area contributed by atoms with Crippen molar-refractivity contribution in [3.8, 4) is 0 Å². The number of rotatable bonds is 2. The standard InChI is InChI=1S/C4H8O2.C2H4O2.Li/c1-2-3-4(5)6;1-2(3)4;/h2-3H2,1H3,(H,5,6);1H3,(H,3,4);/q;;+1/p-1. The number of carbonyl (C=O) groups excluding carboxylic acids is 1. The van der Waals surface area contributed by atoms with Crippen molar-refractivity contribution >= 4 is 11.9 Å². The first-order valence-electron chi connectivity index (χ1n) is 2.90. The van der Waals surface area contributed by atoms with Crippen molar-refractivity contribution in [1.29, 1.82) is 0 Å². The van der Waals surface area contributed by atoms with E-state index in [-0.39, 0.29) is 25.3 Å². The Morgan fingerprint density at radius 3 is 1.73 bits per heavy atom. The van der Waals surface area contributed by atoms with Gasteiger partial charge < -0.3 is 15.0 Å². The van der Waals surface area contributed by atoms with Crippen LogP contribution in [0.2, 0.25) is 0 Å². The molecular formula is C6H11LiO4. The first-order valence-corrected chi connectivity index (χ1v) is 2.90. The molecule has 0 aromatic carbocycles. The quantitative estimate of drug-likeness (QED) is 0.421. The van der Waals surface area contributed by atoms with Gasteiger partial charge in [-0.25, -0.2) is 0 Å². The maximum absolute atomic E-state index is 9.49. The second kappa shape index (κ2) is 12.2. The molecule has 0 aliphatic rings. The van der Waals surface area contributed by atoms with Gasteiger partial charge in [-0.3, -0.25) is 4.79 Å². The van der Waals surface area contributed by atoms with Gasteiger partial charge in [-0.15, -0.1) is 0 Å². The van der Waals surface area contributed by atoms with Crippen molar-refractivity contribution in [2.24, 2.45) is 0 Å². The van der Waals surface area contributed by atoms with Crippen LogP contribution in [-0.2, 0) is 9.59 Å². The summed E-state index contributed by atoms with van der Waals surface area (Å²) in [4.78, 5) is 18.5. The molecule has 0 aliphatic heterocycles. The zero-order valence-corrected chi connectivity index (χ0v) is 7.09. The van der Waals surface area contributed by atoms with Crippen molar-refractivity contribution in [1.82, 2.24) is 0 Å². The molecule has 0 radical (unpaired) electrons. The van der Waals surface area contributed by atoms with E-state index in [1.165, 1.54) is 0 Å². The van der Waals surface area contributed by atoms with Gasteiger partial charge in [-0.05, 0) is 6.42 Å². The SMILES string of the molecule is CC(=O)O.CCCC(=O)[O-].[Li+]. The van der Waals surface area contributed by atoms with E-state index in [4.69, 9.17) is 9.90 Å². The Kier molecular flexibility index (Phi) is 18.8. The molecule has 0 saturated carbocycles. The third kappa shape index (κ3) is 84.2. The Bertz CT molecular complexity index is 109. The maximum Gasteiger partial charge on any atom is 1.00 e. The summed E-state index contributed by atoms with van der Waals surface area (Å²) in [6, 6.07) is 0. The molecule has 0 saturated heterocycles. The third-order valence-corrected chi connectivity index (χ3v) is 0.454. The van der Waals surface area contributed by atoms with Crippen molar-refractivity contribution in [3.63, 3.8) is 0 Å². The van der Waals surface area contributed by atoms with Crippen molar-refractivity contribution in [2.45, 2.75) is 26.7 Å². The molecule has 11 heavy (non-hydrogen) atoms. The molecule has 0 aliphatic carbocycles. The second-order valence-corrected chi connectivity index (χ2v) is 1.64. The van der Waals surface area contributed by atoms with Crippen molar-refractivity contribution < 1.29 is 38.7 Å². The Morgan fingerprint density at radius 1 is 1.45 bits per heavy atom. The van der Waals surface area contributed by atoms with Crippen molar-refractivity contribution in [3.05, 3.63) is 0 Å². The van der Waals surface area contributed by atoms with Gasteiger partial charge in [-0.1, -0.05) is 13.3 Å². The van der Waals surface area contributed by atoms with E-state index in [0.717, 1.165) is 6.92 Å². The normalized spacial score (nSPS) is 6.73. The Labute approximate surface area is 77.8 Å². The first-order chi connectivity index (χ1) is 4.50. The smallest absolute Gasteiger partial charge is 0.550 e. The fourth-order valence-electron chi connectivity index (χ4n) is 0.204. The fraction of sp³-hybridized carbons (Fsp3) is 0.667. The number of carbonyl (C=O) groups is 2. The molecule has 4 nitrogen and oxygen atoms in total. The molecule has 0 amide bonds. The Morgan fingerprint density at radius 2 is 1.73 bits per heavy atom. The first kappa shape index (κ1) is 16.9. The summed E-state index contributed by atoms with van der Waals surface area (Å²) in [7, 11) is 0. The number of carboxylic acid groups (broad SMARTS) is 2. The average Bonchev–Trinajstić information content (AvgIpc) is 1.62. The van der Waals surface area contributed by atoms with Crippen LogP contribution in [0.4, 0.5) is 0 Å². The van der Waals surface area contributed by atoms with E-state index in [1.54, 1.807) is 6.92 Å². The van der Waals surface area contributed by atoms with Crippen LogP contribution in [-0.4, -0.2) is 17.0 Å². The average molecular weight is 154 g/mol. The molecule has 0 bridgehead atoms. The summed E-state index contributed by atoms with van der Waals surface area (Å²) in [5.74, 6) is -1.79. The number of aliphatic carboxylic acids is 2. The van der Waals surface area contributed by atoms with E-state index in [2.05, 4.69) is 0 Å². The minimum atomic E-state index is -0.961. The predicted molar refractivity (Wildman–Crippen MR) is 33.2 cm³/mol. The second-order valence-electron chi connectivity index (χ2n) is 1.64. The van der Waals surface area contributed by atoms with Gasteiger partial charge >= 0.3 is 18.9 Å². The third-order valence-electron chi connectivity index (χ3n) is 0.454. The zero-order valence-electron chi connectivity index (χ0n) is 7.09. The summed E-state index contributed by atoms with van der Waals surface area (Å²) in [5.41, 5.74) is 0. The Hall–Kier alpha value is -0.463. The molecule has 0 heterocycles. The largest absolute Gasteiger partial charge is 1.00 e. The molecule has 60 valence electrons. The van der Waals surface area contributed by atoms with Gasteiger partial charge in [0.1, 0.15) is 0 Å². The van der Waals surface area contributed by atoms with Crippen LogP contribution < -0.4 is 24.0 Å². The summed E-state index contributed by atoms with van der Waals surface area (Å²) < 4.78 is 0. The van der Waals surface area contributed by atoms with Crippen LogP contribution in [0.5, 0.6) is 0 Å². The fourth-order valence-corrected chi connectivity index (χ4v) is 0.204. The number of hydrogen-bond donors (Lipinski definition) is 1. The summed E-state index contributed by atoms with van der Waals surface area (Å²) in [6.07, 6.45) is 0.850. The zero-order chi connectivity index (χ0) is 8.57. The van der Waals surface area contributed by atoms with Gasteiger partial charge in [-0.2, -0.15) is 0 Å². The van der Waals surface area contributed by atoms with Gasteiger partial charge in [0.05, 0.1) is 0 Å². The molecule has 0 fully saturated rings. The van der Waals surface area contributed by atoms with E-state index in [1.807, 2.05) is 0 Å². The van der Waals surface area contributed by atoms with Crippen LogP contribution in [0.3, 0.4) is 0 Å². The van der Waals surface area contributed by atoms with Crippen LogP contribution in [0, 0.1) is 0 Å².